The first-order valence-electron chi connectivity index (χ1n) is 9.48. The molecule has 7 nitrogen and oxygen atoms in total. The average Bonchev–Trinajstić information content (AvgIpc) is 2.71. The lowest BCUT2D eigenvalue weighted by Gasteiger charge is -2.23. The lowest BCUT2D eigenvalue weighted by Crippen LogP contribution is -2.44. The highest BCUT2D eigenvalue weighted by atomic mass is 16.6. The Morgan fingerprint density at radius 1 is 1.00 bits per heavy atom. The summed E-state index contributed by atoms with van der Waals surface area (Å²) in [5, 5.41) is 3.19. The fraction of sp³-hybridized carbons (Fsp3) is 0.217. The number of nitrogens with zero attached hydrogens (tertiary/aromatic N) is 2. The second-order valence-electron chi connectivity index (χ2n) is 7.64. The molecule has 0 fully saturated rings. The van der Waals surface area contributed by atoms with Gasteiger partial charge in [0.15, 0.2) is 0 Å². The Kier molecular flexibility index (Phi) is 6.11. The molecular weight excluding hydrogens is 382 g/mol. The molecule has 0 unspecified atom stereocenters. The first kappa shape index (κ1) is 21.0. The highest BCUT2D eigenvalue weighted by molar-refractivity contribution is 6.22. The Balaban J connectivity index is 1.85. The molecule has 3 rings (SSSR count). The number of benzene rings is 2. The summed E-state index contributed by atoms with van der Waals surface area (Å²) in [6.07, 6.45) is 0.707. The molecule has 1 heterocycles. The topological polar surface area (TPSA) is 88.6 Å². The van der Waals surface area contributed by atoms with Crippen LogP contribution in [-0.2, 0) is 9.53 Å². The number of carbonyl (C=O) groups excluding carboxylic acids is 3. The molecule has 7 heteroatoms. The van der Waals surface area contributed by atoms with Crippen LogP contribution in [0.4, 0.5) is 10.5 Å². The number of fused-ring (bicyclic) bond motifs is 1. The SMILES string of the molecule is CC(C)(C)OC(=O)NCC(=O)N(C(=O)c1cnc2ccccc2c1)c1ccccc1. The molecule has 0 aliphatic heterocycles. The summed E-state index contributed by atoms with van der Waals surface area (Å²) in [5.74, 6) is -1.12. The van der Waals surface area contributed by atoms with Crippen LogP contribution in [0.3, 0.4) is 0 Å². The van der Waals surface area contributed by atoms with E-state index in [0.29, 0.717) is 5.69 Å². The number of amides is 3. The fourth-order valence-corrected chi connectivity index (χ4v) is 2.81. The number of hydrogen-bond donors (Lipinski definition) is 1. The molecule has 0 aliphatic rings. The minimum atomic E-state index is -0.733. The van der Waals surface area contributed by atoms with E-state index < -0.39 is 30.1 Å². The van der Waals surface area contributed by atoms with Crippen LogP contribution in [-0.4, -0.2) is 35.0 Å². The first-order valence-corrected chi connectivity index (χ1v) is 9.48. The van der Waals surface area contributed by atoms with Gasteiger partial charge in [0.1, 0.15) is 12.1 Å². The third kappa shape index (κ3) is 5.20. The molecule has 3 amide bonds. The van der Waals surface area contributed by atoms with E-state index >= 15 is 0 Å². The van der Waals surface area contributed by atoms with Crippen molar-refractivity contribution in [2.45, 2.75) is 26.4 Å². The molecule has 0 radical (unpaired) electrons. The van der Waals surface area contributed by atoms with E-state index in [0.717, 1.165) is 15.8 Å². The number of anilines is 1. The van der Waals surface area contributed by atoms with Gasteiger partial charge in [-0.1, -0.05) is 36.4 Å². The third-order valence-electron chi connectivity index (χ3n) is 4.09. The number of rotatable bonds is 4. The molecule has 0 saturated carbocycles. The summed E-state index contributed by atoms with van der Waals surface area (Å²) >= 11 is 0. The number of pyridine rings is 1. The van der Waals surface area contributed by atoms with Crippen molar-refractivity contribution in [3.05, 3.63) is 72.4 Å². The molecule has 1 aromatic heterocycles. The number of imide groups is 1. The maximum absolute atomic E-state index is 13.2. The third-order valence-corrected chi connectivity index (χ3v) is 4.09. The van der Waals surface area contributed by atoms with Gasteiger partial charge in [0.25, 0.3) is 11.8 Å². The Hall–Kier alpha value is -3.74. The molecule has 30 heavy (non-hydrogen) atoms. The molecule has 0 bridgehead atoms. The van der Waals surface area contributed by atoms with Crippen LogP contribution in [0.5, 0.6) is 0 Å². The van der Waals surface area contributed by atoms with E-state index in [9.17, 15) is 14.4 Å². The smallest absolute Gasteiger partial charge is 0.408 e. The monoisotopic (exact) mass is 405 g/mol. The molecule has 0 saturated heterocycles. The van der Waals surface area contributed by atoms with Gasteiger partial charge in [-0.05, 0) is 45.0 Å². The van der Waals surface area contributed by atoms with E-state index in [1.54, 1.807) is 57.2 Å². The standard InChI is InChI=1S/C23H23N3O4/c1-23(2,3)30-22(29)25-15-20(27)26(18-10-5-4-6-11-18)21(28)17-13-16-9-7-8-12-19(16)24-14-17/h4-14H,15H2,1-3H3,(H,25,29). The fourth-order valence-electron chi connectivity index (χ4n) is 2.81. The number of nitrogens with one attached hydrogen (secondary N) is 1. The average molecular weight is 405 g/mol. The highest BCUT2D eigenvalue weighted by Crippen LogP contribution is 2.19. The lowest BCUT2D eigenvalue weighted by molar-refractivity contribution is -0.117. The number of alkyl carbamates (subject to hydrolysis) is 1. The van der Waals surface area contributed by atoms with Gasteiger partial charge in [-0.3, -0.25) is 14.6 Å². The van der Waals surface area contributed by atoms with Gasteiger partial charge in [0.2, 0.25) is 0 Å². The predicted octanol–water partition coefficient (Wildman–Crippen LogP) is 3.93. The zero-order valence-electron chi connectivity index (χ0n) is 17.1. The molecule has 154 valence electrons. The van der Waals surface area contributed by atoms with Gasteiger partial charge in [-0.25, -0.2) is 9.69 Å². The molecule has 0 spiro atoms. The molecule has 0 aliphatic carbocycles. The van der Waals surface area contributed by atoms with Crippen LogP contribution < -0.4 is 10.2 Å². The summed E-state index contributed by atoms with van der Waals surface area (Å²) in [7, 11) is 0. The Bertz CT molecular complexity index is 1070. The normalized spacial score (nSPS) is 11.0. The summed E-state index contributed by atoms with van der Waals surface area (Å²) in [6, 6.07) is 17.6. The number of aromatic nitrogens is 1. The quantitative estimate of drug-likeness (QED) is 0.710. The van der Waals surface area contributed by atoms with Gasteiger partial charge >= 0.3 is 6.09 Å². The Labute approximate surface area is 174 Å². The summed E-state index contributed by atoms with van der Waals surface area (Å²) in [4.78, 5) is 43.4. The van der Waals surface area contributed by atoms with E-state index in [1.165, 1.54) is 6.20 Å². The Morgan fingerprint density at radius 2 is 1.67 bits per heavy atom. The Morgan fingerprint density at radius 3 is 2.37 bits per heavy atom. The van der Waals surface area contributed by atoms with Gasteiger partial charge in [0.05, 0.1) is 16.8 Å². The van der Waals surface area contributed by atoms with E-state index in [-0.39, 0.29) is 5.56 Å². The van der Waals surface area contributed by atoms with Crippen molar-refractivity contribution in [2.75, 3.05) is 11.4 Å². The molecular formula is C23H23N3O4. The van der Waals surface area contributed by atoms with Crippen molar-refractivity contribution in [1.29, 1.82) is 0 Å². The maximum Gasteiger partial charge on any atom is 0.408 e. The van der Waals surface area contributed by atoms with Crippen LogP contribution in [0.25, 0.3) is 10.9 Å². The zero-order valence-corrected chi connectivity index (χ0v) is 17.1. The lowest BCUT2D eigenvalue weighted by atomic mass is 10.1. The van der Waals surface area contributed by atoms with E-state index in [1.807, 2.05) is 24.3 Å². The first-order chi connectivity index (χ1) is 14.2. The minimum absolute atomic E-state index is 0.267. The van der Waals surface area contributed by atoms with Gasteiger partial charge in [-0.2, -0.15) is 0 Å². The predicted molar refractivity (Wildman–Crippen MR) is 114 cm³/mol. The number of hydrogen-bond acceptors (Lipinski definition) is 5. The summed E-state index contributed by atoms with van der Waals surface area (Å²) in [5.41, 5.74) is 0.715. The van der Waals surface area contributed by atoms with Gasteiger partial charge in [-0.15, -0.1) is 0 Å². The van der Waals surface area contributed by atoms with Crippen LogP contribution in [0.2, 0.25) is 0 Å². The van der Waals surface area contributed by atoms with E-state index in [4.69, 9.17) is 4.74 Å². The largest absolute Gasteiger partial charge is 0.444 e. The van der Waals surface area contributed by atoms with Gasteiger partial charge < -0.3 is 10.1 Å². The second kappa shape index (κ2) is 8.73. The minimum Gasteiger partial charge on any atom is -0.444 e. The number of ether oxygens (including phenoxy) is 1. The number of para-hydroxylation sites is 2. The zero-order chi connectivity index (χ0) is 21.7. The van der Waals surface area contributed by atoms with Gasteiger partial charge in [0, 0.05) is 11.6 Å². The van der Waals surface area contributed by atoms with Crippen LogP contribution in [0, 0.1) is 0 Å². The van der Waals surface area contributed by atoms with Crippen molar-refractivity contribution >= 4 is 34.5 Å². The van der Waals surface area contributed by atoms with Crippen molar-refractivity contribution < 1.29 is 19.1 Å². The molecule has 1 N–H and O–H groups in total. The van der Waals surface area contributed by atoms with Crippen molar-refractivity contribution in [1.82, 2.24) is 10.3 Å². The van der Waals surface area contributed by atoms with Crippen molar-refractivity contribution in [3.63, 3.8) is 0 Å². The molecule has 0 atom stereocenters. The highest BCUT2D eigenvalue weighted by Gasteiger charge is 2.26. The van der Waals surface area contributed by atoms with E-state index in [2.05, 4.69) is 10.3 Å². The van der Waals surface area contributed by atoms with Crippen LogP contribution >= 0.6 is 0 Å². The maximum atomic E-state index is 13.2. The summed E-state index contributed by atoms with van der Waals surface area (Å²) in [6.45, 7) is 4.78. The number of carbonyl (C=O) groups is 3. The molecule has 3 aromatic rings. The van der Waals surface area contributed by atoms with Crippen molar-refractivity contribution in [3.8, 4) is 0 Å². The molecule has 2 aromatic carbocycles. The van der Waals surface area contributed by atoms with Crippen LogP contribution in [0.1, 0.15) is 31.1 Å². The summed E-state index contributed by atoms with van der Waals surface area (Å²) < 4.78 is 5.15. The second-order valence-corrected chi connectivity index (χ2v) is 7.64. The van der Waals surface area contributed by atoms with Crippen LogP contribution in [0.15, 0.2) is 66.9 Å². The van der Waals surface area contributed by atoms with Crippen molar-refractivity contribution in [2.24, 2.45) is 0 Å².